The van der Waals surface area contributed by atoms with E-state index in [1.54, 1.807) is 32.4 Å². The number of ether oxygens (including phenoxy) is 3. The lowest BCUT2D eigenvalue weighted by atomic mass is 10.1. The van der Waals surface area contributed by atoms with E-state index in [4.69, 9.17) is 25.8 Å². The van der Waals surface area contributed by atoms with Crippen molar-refractivity contribution in [3.63, 3.8) is 0 Å². The summed E-state index contributed by atoms with van der Waals surface area (Å²) < 4.78 is 16.2. The molecule has 0 unspecified atom stereocenters. The molecular formula is C17H17ClO4. The molecule has 0 aliphatic heterocycles. The molecule has 0 saturated carbocycles. The molecule has 2 aromatic rings. The van der Waals surface area contributed by atoms with E-state index >= 15 is 0 Å². The molecule has 0 aromatic heterocycles. The van der Waals surface area contributed by atoms with Gasteiger partial charge in [0.15, 0.2) is 11.5 Å². The number of hydrogen-bond acceptors (Lipinski definition) is 4. The molecule has 116 valence electrons. The third-order valence-corrected chi connectivity index (χ3v) is 3.26. The number of benzene rings is 2. The first kappa shape index (κ1) is 16.2. The Morgan fingerprint density at radius 2 is 1.64 bits per heavy atom. The van der Waals surface area contributed by atoms with E-state index in [0.29, 0.717) is 18.1 Å². The molecule has 0 heterocycles. The van der Waals surface area contributed by atoms with Crippen LogP contribution in [0.5, 0.6) is 17.2 Å². The van der Waals surface area contributed by atoms with E-state index in [-0.39, 0.29) is 6.42 Å². The minimum Gasteiger partial charge on any atom is -0.497 e. The third-order valence-electron chi connectivity index (χ3n) is 3.12. The summed E-state index contributed by atoms with van der Waals surface area (Å²) in [6.45, 7) is 0.411. The van der Waals surface area contributed by atoms with E-state index in [1.807, 2.05) is 24.3 Å². The molecule has 0 spiro atoms. The number of hydrogen-bond donors (Lipinski definition) is 0. The van der Waals surface area contributed by atoms with Gasteiger partial charge in [-0.15, -0.1) is 0 Å². The third kappa shape index (κ3) is 4.40. The maximum Gasteiger partial charge on any atom is 0.226 e. The molecule has 0 atom stereocenters. The summed E-state index contributed by atoms with van der Waals surface area (Å²) in [5.74, 6) is 1.99. The van der Waals surface area contributed by atoms with Crippen LogP contribution in [-0.4, -0.2) is 19.5 Å². The first-order chi connectivity index (χ1) is 10.6. The molecule has 2 aromatic carbocycles. The molecule has 0 amide bonds. The van der Waals surface area contributed by atoms with Gasteiger partial charge in [-0.3, -0.25) is 4.79 Å². The first-order valence-electron chi connectivity index (χ1n) is 6.73. The average Bonchev–Trinajstić information content (AvgIpc) is 2.53. The summed E-state index contributed by atoms with van der Waals surface area (Å²) in [7, 11) is 3.19. The van der Waals surface area contributed by atoms with E-state index in [9.17, 15) is 4.79 Å². The highest BCUT2D eigenvalue weighted by molar-refractivity contribution is 6.63. The standard InChI is InChI=1S/C17H17ClO4/c1-20-14-6-3-12(4-7-14)11-22-15-8-5-13(10-17(18)19)9-16(15)21-2/h3-9H,10-11H2,1-2H3. The Morgan fingerprint density at radius 1 is 0.955 bits per heavy atom. The smallest absolute Gasteiger partial charge is 0.226 e. The predicted octanol–water partition coefficient (Wildman–Crippen LogP) is 3.59. The normalized spacial score (nSPS) is 10.1. The molecule has 0 radical (unpaired) electrons. The van der Waals surface area contributed by atoms with E-state index in [2.05, 4.69) is 0 Å². The lowest BCUT2D eigenvalue weighted by Gasteiger charge is -2.12. The van der Waals surface area contributed by atoms with E-state index < -0.39 is 5.24 Å². The van der Waals surface area contributed by atoms with Crippen LogP contribution in [0.1, 0.15) is 11.1 Å². The van der Waals surface area contributed by atoms with Crippen LogP contribution in [0.25, 0.3) is 0 Å². The van der Waals surface area contributed by atoms with Crippen molar-refractivity contribution in [3.05, 3.63) is 53.6 Å². The Bertz CT molecular complexity index is 638. The number of rotatable bonds is 7. The molecule has 22 heavy (non-hydrogen) atoms. The van der Waals surface area contributed by atoms with Gasteiger partial charge in [-0.25, -0.2) is 0 Å². The maximum absolute atomic E-state index is 10.9. The van der Waals surface area contributed by atoms with Crippen LogP contribution in [0, 0.1) is 0 Å². The second-order valence-electron chi connectivity index (χ2n) is 4.65. The Balaban J connectivity index is 2.06. The van der Waals surface area contributed by atoms with Crippen LogP contribution in [0.4, 0.5) is 0 Å². The highest BCUT2D eigenvalue weighted by atomic mass is 35.5. The van der Waals surface area contributed by atoms with Crippen LogP contribution < -0.4 is 14.2 Å². The number of carbonyl (C=O) groups excluding carboxylic acids is 1. The molecule has 0 fully saturated rings. The van der Waals surface area contributed by atoms with Gasteiger partial charge in [0.25, 0.3) is 0 Å². The zero-order chi connectivity index (χ0) is 15.9. The molecule has 4 nitrogen and oxygen atoms in total. The largest absolute Gasteiger partial charge is 0.497 e. The summed E-state index contributed by atoms with van der Waals surface area (Å²) in [5, 5.41) is -0.408. The zero-order valence-electron chi connectivity index (χ0n) is 12.5. The zero-order valence-corrected chi connectivity index (χ0v) is 13.2. The van der Waals surface area contributed by atoms with Crippen LogP contribution in [-0.2, 0) is 17.8 Å². The number of halogens is 1. The van der Waals surface area contributed by atoms with Crippen molar-refractivity contribution in [1.29, 1.82) is 0 Å². The second-order valence-corrected chi connectivity index (χ2v) is 5.08. The average molecular weight is 321 g/mol. The van der Waals surface area contributed by atoms with Crippen molar-refractivity contribution in [3.8, 4) is 17.2 Å². The monoisotopic (exact) mass is 320 g/mol. The van der Waals surface area contributed by atoms with Crippen LogP contribution in [0.3, 0.4) is 0 Å². The molecule has 0 aliphatic carbocycles. The molecule has 0 aliphatic rings. The quantitative estimate of drug-likeness (QED) is 0.731. The molecule has 0 N–H and O–H groups in total. The predicted molar refractivity (Wildman–Crippen MR) is 84.9 cm³/mol. The Labute approximate surface area is 134 Å². The highest BCUT2D eigenvalue weighted by Crippen LogP contribution is 2.29. The van der Waals surface area contributed by atoms with Gasteiger partial charge in [-0.05, 0) is 47.0 Å². The Morgan fingerprint density at radius 3 is 2.23 bits per heavy atom. The van der Waals surface area contributed by atoms with Crippen molar-refractivity contribution in [1.82, 2.24) is 0 Å². The summed E-state index contributed by atoms with van der Waals surface area (Å²) in [6, 6.07) is 13.0. The van der Waals surface area contributed by atoms with Crippen molar-refractivity contribution in [2.75, 3.05) is 14.2 Å². The number of methoxy groups -OCH3 is 2. The summed E-state index contributed by atoms with van der Waals surface area (Å²) >= 11 is 5.39. The lowest BCUT2D eigenvalue weighted by Crippen LogP contribution is -2.00. The molecular weight excluding hydrogens is 304 g/mol. The molecule has 0 bridgehead atoms. The summed E-state index contributed by atoms with van der Waals surface area (Å²) in [4.78, 5) is 10.9. The first-order valence-corrected chi connectivity index (χ1v) is 7.11. The minimum absolute atomic E-state index is 0.163. The van der Waals surface area contributed by atoms with Crippen molar-refractivity contribution < 1.29 is 19.0 Å². The van der Waals surface area contributed by atoms with Gasteiger partial charge in [-0.2, -0.15) is 0 Å². The van der Waals surface area contributed by atoms with Gasteiger partial charge in [0.05, 0.1) is 14.2 Å². The van der Waals surface area contributed by atoms with Gasteiger partial charge in [0.1, 0.15) is 12.4 Å². The number of carbonyl (C=O) groups is 1. The SMILES string of the molecule is COc1ccc(COc2ccc(CC(=O)Cl)cc2OC)cc1. The fourth-order valence-electron chi connectivity index (χ4n) is 1.98. The van der Waals surface area contributed by atoms with Crippen LogP contribution in [0.15, 0.2) is 42.5 Å². The van der Waals surface area contributed by atoms with Crippen LogP contribution >= 0.6 is 11.6 Å². The Hall–Kier alpha value is -2.20. The van der Waals surface area contributed by atoms with Crippen LogP contribution in [0.2, 0.25) is 0 Å². The lowest BCUT2D eigenvalue weighted by molar-refractivity contribution is -0.111. The van der Waals surface area contributed by atoms with Gasteiger partial charge in [0, 0.05) is 6.42 Å². The van der Waals surface area contributed by atoms with E-state index in [0.717, 1.165) is 16.9 Å². The summed E-state index contributed by atoms with van der Waals surface area (Å²) in [6.07, 6.45) is 0.163. The second kappa shape index (κ2) is 7.71. The van der Waals surface area contributed by atoms with Crippen molar-refractivity contribution in [2.24, 2.45) is 0 Å². The Kier molecular flexibility index (Phi) is 5.67. The molecule has 2 rings (SSSR count). The van der Waals surface area contributed by atoms with Crippen molar-refractivity contribution >= 4 is 16.8 Å². The summed E-state index contributed by atoms with van der Waals surface area (Å²) in [5.41, 5.74) is 1.80. The van der Waals surface area contributed by atoms with E-state index in [1.165, 1.54) is 0 Å². The van der Waals surface area contributed by atoms with Crippen molar-refractivity contribution in [2.45, 2.75) is 13.0 Å². The van der Waals surface area contributed by atoms with Gasteiger partial charge in [0.2, 0.25) is 5.24 Å². The molecule has 5 heteroatoms. The fourth-order valence-corrected chi connectivity index (χ4v) is 2.14. The van der Waals surface area contributed by atoms with Gasteiger partial charge in [-0.1, -0.05) is 18.2 Å². The minimum atomic E-state index is -0.408. The van der Waals surface area contributed by atoms with Gasteiger partial charge >= 0.3 is 0 Å². The fraction of sp³-hybridized carbons (Fsp3) is 0.235. The highest BCUT2D eigenvalue weighted by Gasteiger charge is 2.08. The van der Waals surface area contributed by atoms with Gasteiger partial charge < -0.3 is 14.2 Å². The topological polar surface area (TPSA) is 44.8 Å². The molecule has 0 saturated heterocycles. The maximum atomic E-state index is 10.9.